The molecule has 150 valence electrons. The summed E-state index contributed by atoms with van der Waals surface area (Å²) in [6.45, 7) is 0. The molecule has 0 saturated heterocycles. The van der Waals surface area contributed by atoms with Gasteiger partial charge in [-0.15, -0.1) is 0 Å². The van der Waals surface area contributed by atoms with Crippen molar-refractivity contribution in [3.8, 4) is 5.75 Å². The summed E-state index contributed by atoms with van der Waals surface area (Å²) in [5, 5.41) is 5.90. The molecule has 1 aromatic carbocycles. The van der Waals surface area contributed by atoms with Crippen LogP contribution in [-0.4, -0.2) is 25.0 Å². The van der Waals surface area contributed by atoms with E-state index < -0.39 is 11.8 Å². The van der Waals surface area contributed by atoms with Crippen LogP contribution in [0.3, 0.4) is 0 Å². The molecule has 0 atom stereocenters. The third-order valence-corrected chi connectivity index (χ3v) is 5.35. The highest BCUT2D eigenvalue weighted by Crippen LogP contribution is 2.27. The maximum absolute atomic E-state index is 12.3. The number of hydrogen-bond donors (Lipinski definition) is 2. The van der Waals surface area contributed by atoms with Crippen LogP contribution in [0.4, 0.5) is 5.69 Å². The van der Waals surface area contributed by atoms with E-state index in [1.54, 1.807) is 18.2 Å². The Morgan fingerprint density at radius 1 is 0.926 bits per heavy atom. The number of hydrogen-bond acceptors (Lipinski definition) is 3. The third kappa shape index (κ3) is 7.79. The van der Waals surface area contributed by atoms with Crippen molar-refractivity contribution in [2.45, 2.75) is 76.7 Å². The Morgan fingerprint density at radius 3 is 2.00 bits per heavy atom. The summed E-state index contributed by atoms with van der Waals surface area (Å²) in [4.78, 5) is 24.5. The molecule has 0 unspecified atom stereocenters. The van der Waals surface area contributed by atoms with Crippen LogP contribution in [0, 0.1) is 0 Å². The lowest BCUT2D eigenvalue weighted by atomic mass is 9.98. The maximum Gasteiger partial charge on any atom is 0.313 e. The standard InChI is InChI=1S/C21H31ClN2O3/c1-27-19-14-13-17(15-18(19)22)24-21(26)20(25)23-16-11-9-7-5-3-2-4-6-8-10-12-16/h13-16H,2-12H2,1H3,(H,23,25)(H,24,26). The first-order chi connectivity index (χ1) is 13.1. The van der Waals surface area contributed by atoms with Crippen LogP contribution in [-0.2, 0) is 9.59 Å². The third-order valence-electron chi connectivity index (χ3n) is 5.06. The monoisotopic (exact) mass is 394 g/mol. The van der Waals surface area contributed by atoms with Gasteiger partial charge < -0.3 is 15.4 Å². The van der Waals surface area contributed by atoms with Gasteiger partial charge in [0.1, 0.15) is 5.75 Å². The molecule has 0 aliphatic heterocycles. The fraction of sp³-hybridized carbons (Fsp3) is 0.619. The Hall–Kier alpha value is -1.75. The average molecular weight is 395 g/mol. The van der Waals surface area contributed by atoms with E-state index in [4.69, 9.17) is 16.3 Å². The van der Waals surface area contributed by atoms with Crippen LogP contribution in [0.25, 0.3) is 0 Å². The van der Waals surface area contributed by atoms with E-state index in [1.165, 1.54) is 52.1 Å². The molecule has 6 heteroatoms. The first kappa shape index (κ1) is 21.5. The fourth-order valence-electron chi connectivity index (χ4n) is 3.49. The molecule has 0 heterocycles. The lowest BCUT2D eigenvalue weighted by Crippen LogP contribution is -2.41. The van der Waals surface area contributed by atoms with E-state index >= 15 is 0 Å². The van der Waals surface area contributed by atoms with Crippen molar-refractivity contribution in [2.24, 2.45) is 0 Å². The second-order valence-corrected chi connectivity index (χ2v) is 7.64. The number of amides is 2. The zero-order valence-corrected chi connectivity index (χ0v) is 16.9. The topological polar surface area (TPSA) is 67.4 Å². The average Bonchev–Trinajstić information content (AvgIpc) is 2.64. The van der Waals surface area contributed by atoms with Crippen LogP contribution in [0.5, 0.6) is 5.75 Å². The molecule has 1 aliphatic rings. The fourth-order valence-corrected chi connectivity index (χ4v) is 3.75. The molecule has 1 saturated carbocycles. The number of anilines is 1. The van der Waals surface area contributed by atoms with Crippen molar-refractivity contribution < 1.29 is 14.3 Å². The lowest BCUT2D eigenvalue weighted by molar-refractivity contribution is -0.136. The van der Waals surface area contributed by atoms with Gasteiger partial charge in [0.15, 0.2) is 0 Å². The van der Waals surface area contributed by atoms with Gasteiger partial charge in [0, 0.05) is 11.7 Å². The molecule has 0 aromatic heterocycles. The van der Waals surface area contributed by atoms with Gasteiger partial charge in [-0.2, -0.15) is 0 Å². The molecule has 27 heavy (non-hydrogen) atoms. The zero-order valence-electron chi connectivity index (χ0n) is 16.2. The molecule has 0 bridgehead atoms. The van der Waals surface area contributed by atoms with Gasteiger partial charge in [0.2, 0.25) is 0 Å². The van der Waals surface area contributed by atoms with Crippen LogP contribution in [0.2, 0.25) is 5.02 Å². The van der Waals surface area contributed by atoms with Crippen molar-refractivity contribution in [3.63, 3.8) is 0 Å². The summed E-state index contributed by atoms with van der Waals surface area (Å²) in [6, 6.07) is 4.96. The van der Waals surface area contributed by atoms with Gasteiger partial charge in [-0.05, 0) is 31.0 Å². The summed E-state index contributed by atoms with van der Waals surface area (Å²) >= 11 is 6.06. The van der Waals surface area contributed by atoms with Crippen LogP contribution in [0.1, 0.15) is 70.6 Å². The first-order valence-electron chi connectivity index (χ1n) is 10.1. The molecule has 1 aliphatic carbocycles. The van der Waals surface area contributed by atoms with Gasteiger partial charge in [-0.25, -0.2) is 0 Å². The smallest absolute Gasteiger partial charge is 0.313 e. The Bertz CT molecular complexity index is 609. The summed E-state index contributed by atoms with van der Waals surface area (Å²) in [7, 11) is 1.52. The minimum absolute atomic E-state index is 0.0714. The van der Waals surface area contributed by atoms with E-state index in [0.717, 1.165) is 25.7 Å². The molecule has 5 nitrogen and oxygen atoms in total. The van der Waals surface area contributed by atoms with Crippen molar-refractivity contribution >= 4 is 29.1 Å². The number of halogens is 1. The number of methoxy groups -OCH3 is 1. The molecule has 0 spiro atoms. The minimum atomic E-state index is -0.664. The number of benzene rings is 1. The highest BCUT2D eigenvalue weighted by molar-refractivity contribution is 6.40. The Kier molecular flexibility index (Phi) is 9.46. The number of carbonyl (C=O) groups is 2. The lowest BCUT2D eigenvalue weighted by Gasteiger charge is -2.19. The van der Waals surface area contributed by atoms with Gasteiger partial charge in [0.05, 0.1) is 12.1 Å². The molecular formula is C21H31ClN2O3. The van der Waals surface area contributed by atoms with Gasteiger partial charge in [0.25, 0.3) is 0 Å². The predicted molar refractivity (Wildman–Crippen MR) is 109 cm³/mol. The summed E-state index contributed by atoms with van der Waals surface area (Å²) in [6.07, 6.45) is 13.0. The van der Waals surface area contributed by atoms with Crippen molar-refractivity contribution in [3.05, 3.63) is 23.2 Å². The normalized spacial score (nSPS) is 17.3. The molecule has 2 N–H and O–H groups in total. The molecule has 0 radical (unpaired) electrons. The summed E-state index contributed by atoms with van der Waals surface area (Å²) < 4.78 is 5.09. The van der Waals surface area contributed by atoms with Crippen molar-refractivity contribution in [1.82, 2.24) is 5.32 Å². The van der Waals surface area contributed by atoms with E-state index in [1.807, 2.05) is 0 Å². The number of nitrogens with one attached hydrogen (secondary N) is 2. The Balaban J connectivity index is 1.86. The zero-order chi connectivity index (χ0) is 19.5. The Morgan fingerprint density at radius 2 is 1.48 bits per heavy atom. The van der Waals surface area contributed by atoms with Gasteiger partial charge in [-0.1, -0.05) is 69.4 Å². The SMILES string of the molecule is COc1ccc(NC(=O)C(=O)NC2CCCCCCCCCCC2)cc1Cl. The van der Waals surface area contributed by atoms with Crippen LogP contribution >= 0.6 is 11.6 Å². The number of carbonyl (C=O) groups excluding carboxylic acids is 2. The molecule has 2 amide bonds. The molecule has 1 fully saturated rings. The second kappa shape index (κ2) is 11.9. The van der Waals surface area contributed by atoms with Crippen LogP contribution in [0.15, 0.2) is 18.2 Å². The first-order valence-corrected chi connectivity index (χ1v) is 10.4. The predicted octanol–water partition coefficient (Wildman–Crippen LogP) is 5.08. The highest BCUT2D eigenvalue weighted by Gasteiger charge is 2.19. The maximum atomic E-state index is 12.3. The number of rotatable bonds is 3. The largest absolute Gasteiger partial charge is 0.495 e. The molecule has 2 rings (SSSR count). The quantitative estimate of drug-likeness (QED) is 0.702. The van der Waals surface area contributed by atoms with Gasteiger partial charge >= 0.3 is 11.8 Å². The van der Waals surface area contributed by atoms with E-state index in [2.05, 4.69) is 10.6 Å². The van der Waals surface area contributed by atoms with E-state index in [-0.39, 0.29) is 6.04 Å². The Labute approximate surface area is 167 Å². The molecule has 1 aromatic rings. The van der Waals surface area contributed by atoms with Gasteiger partial charge in [-0.3, -0.25) is 9.59 Å². The number of ether oxygens (including phenoxy) is 1. The second-order valence-electron chi connectivity index (χ2n) is 7.23. The summed E-state index contributed by atoms with van der Waals surface area (Å²) in [5.74, 6) is -0.728. The molecular weight excluding hydrogens is 364 g/mol. The minimum Gasteiger partial charge on any atom is -0.495 e. The van der Waals surface area contributed by atoms with Crippen LogP contribution < -0.4 is 15.4 Å². The van der Waals surface area contributed by atoms with Crippen molar-refractivity contribution in [2.75, 3.05) is 12.4 Å². The van der Waals surface area contributed by atoms with Crippen molar-refractivity contribution in [1.29, 1.82) is 0 Å². The van der Waals surface area contributed by atoms with E-state index in [9.17, 15) is 9.59 Å². The summed E-state index contributed by atoms with van der Waals surface area (Å²) in [5.41, 5.74) is 0.472. The van der Waals surface area contributed by atoms with E-state index in [0.29, 0.717) is 16.5 Å². The highest BCUT2D eigenvalue weighted by atomic mass is 35.5.